The van der Waals surface area contributed by atoms with Crippen molar-refractivity contribution < 1.29 is 23.8 Å². The van der Waals surface area contributed by atoms with Crippen molar-refractivity contribution in [2.45, 2.75) is 13.8 Å². The molecule has 0 fully saturated rings. The predicted octanol–water partition coefficient (Wildman–Crippen LogP) is 3.88. The van der Waals surface area contributed by atoms with Crippen molar-refractivity contribution in [2.24, 2.45) is 4.99 Å². The van der Waals surface area contributed by atoms with Gasteiger partial charge in [0, 0.05) is 16.1 Å². The average molecular weight is 477 g/mol. The van der Waals surface area contributed by atoms with Gasteiger partial charge >= 0.3 is 11.9 Å². The summed E-state index contributed by atoms with van der Waals surface area (Å²) in [6.07, 6.45) is 1.59. The second kappa shape index (κ2) is 7.91. The molecular formula is C20H16INO5. The molecule has 138 valence electrons. The van der Waals surface area contributed by atoms with Gasteiger partial charge in [-0.25, -0.2) is 9.79 Å². The minimum atomic E-state index is -0.524. The van der Waals surface area contributed by atoms with E-state index in [0.717, 1.165) is 14.7 Å². The Morgan fingerprint density at radius 1 is 1.19 bits per heavy atom. The molecule has 0 aromatic heterocycles. The van der Waals surface area contributed by atoms with E-state index in [1.165, 1.54) is 14.0 Å². The fourth-order valence-corrected chi connectivity index (χ4v) is 2.82. The number of halogens is 1. The van der Waals surface area contributed by atoms with Crippen LogP contribution in [0.5, 0.6) is 11.5 Å². The van der Waals surface area contributed by atoms with E-state index in [1.807, 2.05) is 25.1 Å². The number of nitrogens with zero attached hydrogens (tertiary/aromatic N) is 1. The van der Waals surface area contributed by atoms with Gasteiger partial charge in [0.2, 0.25) is 5.90 Å². The number of carbonyl (C=O) groups is 2. The smallest absolute Gasteiger partial charge is 0.363 e. The lowest BCUT2D eigenvalue weighted by molar-refractivity contribution is -0.132. The molecule has 1 aliphatic rings. The molecule has 0 spiro atoms. The Kier molecular flexibility index (Phi) is 5.59. The summed E-state index contributed by atoms with van der Waals surface area (Å²) in [7, 11) is 1.47. The van der Waals surface area contributed by atoms with Gasteiger partial charge in [-0.2, -0.15) is 0 Å². The topological polar surface area (TPSA) is 74.2 Å². The molecule has 2 aromatic rings. The van der Waals surface area contributed by atoms with Crippen LogP contribution < -0.4 is 9.47 Å². The third kappa shape index (κ3) is 4.36. The van der Waals surface area contributed by atoms with E-state index in [2.05, 4.69) is 27.6 Å². The number of rotatable bonds is 4. The summed E-state index contributed by atoms with van der Waals surface area (Å²) in [5, 5.41) is 0. The number of hydrogen-bond donors (Lipinski definition) is 0. The molecular weight excluding hydrogens is 461 g/mol. The maximum atomic E-state index is 12.2. The van der Waals surface area contributed by atoms with Crippen LogP contribution in [-0.2, 0) is 14.3 Å². The second-order valence-electron chi connectivity index (χ2n) is 5.80. The van der Waals surface area contributed by atoms with Crippen molar-refractivity contribution in [3.8, 4) is 11.5 Å². The number of carbonyl (C=O) groups excluding carboxylic acids is 2. The maximum Gasteiger partial charge on any atom is 0.363 e. The Morgan fingerprint density at radius 3 is 2.63 bits per heavy atom. The lowest BCUT2D eigenvalue weighted by Crippen LogP contribution is -2.05. The molecule has 3 rings (SSSR count). The van der Waals surface area contributed by atoms with Crippen LogP contribution in [0.4, 0.5) is 0 Å². The van der Waals surface area contributed by atoms with Crippen molar-refractivity contribution >= 4 is 46.5 Å². The van der Waals surface area contributed by atoms with Crippen LogP contribution in [0, 0.1) is 10.5 Å². The van der Waals surface area contributed by atoms with Gasteiger partial charge in [-0.1, -0.05) is 6.07 Å². The summed E-state index contributed by atoms with van der Waals surface area (Å²) in [5.74, 6) is -0.0117. The van der Waals surface area contributed by atoms with Crippen LogP contribution >= 0.6 is 22.6 Å². The predicted molar refractivity (Wildman–Crippen MR) is 109 cm³/mol. The van der Waals surface area contributed by atoms with Gasteiger partial charge in [-0.05, 0) is 77.0 Å². The first-order valence-electron chi connectivity index (χ1n) is 8.03. The van der Waals surface area contributed by atoms with Gasteiger partial charge in [0.25, 0.3) is 0 Å². The molecule has 0 saturated heterocycles. The number of aryl methyl sites for hydroxylation is 1. The Balaban J connectivity index is 1.92. The Bertz CT molecular complexity index is 994. The highest BCUT2D eigenvalue weighted by Gasteiger charge is 2.24. The summed E-state index contributed by atoms with van der Waals surface area (Å²) >= 11 is 2.24. The quantitative estimate of drug-likeness (QED) is 0.289. The molecule has 27 heavy (non-hydrogen) atoms. The molecule has 0 saturated carbocycles. The molecule has 0 aliphatic carbocycles. The number of cyclic esters (lactones) is 1. The monoisotopic (exact) mass is 477 g/mol. The zero-order chi connectivity index (χ0) is 19.6. The lowest BCUT2D eigenvalue weighted by atomic mass is 10.1. The third-order valence-electron chi connectivity index (χ3n) is 3.77. The first-order chi connectivity index (χ1) is 12.9. The minimum absolute atomic E-state index is 0.184. The maximum absolute atomic E-state index is 12.2. The normalized spacial score (nSPS) is 14.7. The van der Waals surface area contributed by atoms with Crippen LogP contribution in [-0.4, -0.2) is 24.9 Å². The molecule has 1 heterocycles. The summed E-state index contributed by atoms with van der Waals surface area (Å²) in [6.45, 7) is 3.29. The summed E-state index contributed by atoms with van der Waals surface area (Å²) in [6, 6.07) is 10.7. The largest absolute Gasteiger partial charge is 0.493 e. The number of aliphatic imine (C=N–C) groups is 1. The SMILES string of the molecule is COc1cc(/C=C2\N=C(c3ccc(I)c(C)c3)OC2=O)ccc1OC(C)=O. The molecule has 7 heteroatoms. The number of ether oxygens (including phenoxy) is 3. The molecule has 0 atom stereocenters. The summed E-state index contributed by atoms with van der Waals surface area (Å²) in [5.41, 5.74) is 2.67. The summed E-state index contributed by atoms with van der Waals surface area (Å²) in [4.78, 5) is 27.6. The lowest BCUT2D eigenvalue weighted by Gasteiger charge is -2.08. The molecule has 0 bridgehead atoms. The van der Waals surface area contributed by atoms with Crippen molar-refractivity contribution in [3.63, 3.8) is 0 Å². The van der Waals surface area contributed by atoms with Gasteiger partial charge in [-0.3, -0.25) is 4.79 Å². The van der Waals surface area contributed by atoms with Gasteiger partial charge in [-0.15, -0.1) is 0 Å². The minimum Gasteiger partial charge on any atom is -0.493 e. The van der Waals surface area contributed by atoms with E-state index in [1.54, 1.807) is 24.3 Å². The molecule has 0 unspecified atom stereocenters. The highest BCUT2D eigenvalue weighted by molar-refractivity contribution is 14.1. The second-order valence-corrected chi connectivity index (χ2v) is 6.97. The number of benzene rings is 2. The van der Waals surface area contributed by atoms with Crippen LogP contribution in [0.15, 0.2) is 47.1 Å². The molecule has 1 aliphatic heterocycles. The van der Waals surface area contributed by atoms with Crippen molar-refractivity contribution in [1.82, 2.24) is 0 Å². The van der Waals surface area contributed by atoms with E-state index in [0.29, 0.717) is 17.1 Å². The Hall–Kier alpha value is -2.68. The zero-order valence-electron chi connectivity index (χ0n) is 14.9. The first kappa shape index (κ1) is 19.1. The van der Waals surface area contributed by atoms with Gasteiger partial charge < -0.3 is 14.2 Å². The number of hydrogen-bond acceptors (Lipinski definition) is 6. The van der Waals surface area contributed by atoms with Crippen molar-refractivity contribution in [2.75, 3.05) is 7.11 Å². The third-order valence-corrected chi connectivity index (χ3v) is 4.98. The molecule has 0 radical (unpaired) electrons. The van der Waals surface area contributed by atoms with Crippen LogP contribution in [0.25, 0.3) is 6.08 Å². The molecule has 6 nitrogen and oxygen atoms in total. The van der Waals surface area contributed by atoms with Gasteiger partial charge in [0.15, 0.2) is 17.2 Å². The Labute approximate surface area is 170 Å². The number of methoxy groups -OCH3 is 1. The Morgan fingerprint density at radius 2 is 1.96 bits per heavy atom. The fraction of sp³-hybridized carbons (Fsp3) is 0.150. The van der Waals surface area contributed by atoms with Gasteiger partial charge in [0.05, 0.1) is 7.11 Å². The van der Waals surface area contributed by atoms with E-state index >= 15 is 0 Å². The molecule has 0 N–H and O–H groups in total. The van der Waals surface area contributed by atoms with E-state index in [4.69, 9.17) is 14.2 Å². The van der Waals surface area contributed by atoms with Crippen molar-refractivity contribution in [1.29, 1.82) is 0 Å². The zero-order valence-corrected chi connectivity index (χ0v) is 17.1. The van der Waals surface area contributed by atoms with E-state index in [9.17, 15) is 9.59 Å². The van der Waals surface area contributed by atoms with Crippen LogP contribution in [0.3, 0.4) is 0 Å². The highest BCUT2D eigenvalue weighted by Crippen LogP contribution is 2.30. The van der Waals surface area contributed by atoms with E-state index in [-0.39, 0.29) is 11.6 Å². The van der Waals surface area contributed by atoms with Gasteiger partial charge in [0.1, 0.15) is 0 Å². The van der Waals surface area contributed by atoms with Crippen LogP contribution in [0.2, 0.25) is 0 Å². The van der Waals surface area contributed by atoms with E-state index < -0.39 is 11.9 Å². The molecule has 0 amide bonds. The first-order valence-corrected chi connectivity index (χ1v) is 9.11. The fourth-order valence-electron chi connectivity index (χ4n) is 2.48. The highest BCUT2D eigenvalue weighted by atomic mass is 127. The average Bonchev–Trinajstić information content (AvgIpc) is 2.99. The number of esters is 2. The van der Waals surface area contributed by atoms with Crippen LogP contribution in [0.1, 0.15) is 23.6 Å². The molecule has 2 aromatic carbocycles. The summed E-state index contributed by atoms with van der Waals surface area (Å²) < 4.78 is 16.7. The van der Waals surface area contributed by atoms with Crippen molar-refractivity contribution in [3.05, 3.63) is 62.4 Å². The standard InChI is InChI=1S/C20H16INO5/c1-11-8-14(5-6-15(11)21)19-22-16(20(24)27-19)9-13-4-7-17(26-12(2)23)18(10-13)25-3/h4-10H,1-3H3/b16-9-.